The Bertz CT molecular complexity index is 727. The summed E-state index contributed by atoms with van der Waals surface area (Å²) >= 11 is 5.93. The van der Waals surface area contributed by atoms with Crippen LogP contribution in [0.1, 0.15) is 22.7 Å². The summed E-state index contributed by atoms with van der Waals surface area (Å²) in [6, 6.07) is 11.2. The van der Waals surface area contributed by atoms with E-state index in [1.54, 1.807) is 0 Å². The molecule has 21 heavy (non-hydrogen) atoms. The molecule has 106 valence electrons. The zero-order valence-electron chi connectivity index (χ0n) is 11.1. The minimum atomic E-state index is -0.187. The van der Waals surface area contributed by atoms with Gasteiger partial charge >= 0.3 is 0 Å². The molecule has 0 aliphatic carbocycles. The highest BCUT2D eigenvalue weighted by atomic mass is 35.5. The second-order valence-electron chi connectivity index (χ2n) is 5.13. The van der Waals surface area contributed by atoms with E-state index in [2.05, 4.69) is 5.32 Å². The second-order valence-corrected chi connectivity index (χ2v) is 5.57. The van der Waals surface area contributed by atoms with Crippen LogP contribution in [0.2, 0.25) is 5.02 Å². The molecule has 2 heterocycles. The Morgan fingerprint density at radius 3 is 2.57 bits per heavy atom. The molecule has 0 aromatic heterocycles. The quantitative estimate of drug-likeness (QED) is 0.881. The van der Waals surface area contributed by atoms with Crippen LogP contribution in [0, 0.1) is 0 Å². The van der Waals surface area contributed by atoms with E-state index < -0.39 is 0 Å². The van der Waals surface area contributed by atoms with Crippen molar-refractivity contribution < 1.29 is 14.3 Å². The van der Waals surface area contributed by atoms with Crippen LogP contribution in [0.5, 0.6) is 11.5 Å². The first kappa shape index (κ1) is 12.5. The Morgan fingerprint density at radius 1 is 1.10 bits per heavy atom. The van der Waals surface area contributed by atoms with Crippen molar-refractivity contribution in [3.05, 3.63) is 58.1 Å². The summed E-state index contributed by atoms with van der Waals surface area (Å²) in [6.07, 6.45) is 0.357. The van der Waals surface area contributed by atoms with E-state index >= 15 is 0 Å². The minimum absolute atomic E-state index is 0.00122. The molecular formula is C16H12ClNO3. The first-order valence-electron chi connectivity index (χ1n) is 6.68. The lowest BCUT2D eigenvalue weighted by molar-refractivity contribution is -0.121. The highest BCUT2D eigenvalue weighted by Crippen LogP contribution is 2.40. The number of halogens is 1. The van der Waals surface area contributed by atoms with Crippen LogP contribution < -0.4 is 14.8 Å². The molecule has 5 heteroatoms. The Hall–Kier alpha value is -2.20. The van der Waals surface area contributed by atoms with E-state index in [9.17, 15) is 4.79 Å². The van der Waals surface area contributed by atoms with Crippen LogP contribution in [-0.2, 0) is 11.2 Å². The number of fused-ring (bicyclic) bond motifs is 2. The maximum absolute atomic E-state index is 12.0. The van der Waals surface area contributed by atoms with Gasteiger partial charge in [0.2, 0.25) is 12.7 Å². The summed E-state index contributed by atoms with van der Waals surface area (Å²) in [7, 11) is 0. The highest BCUT2D eigenvalue weighted by Gasteiger charge is 2.29. The molecule has 1 unspecified atom stereocenters. The van der Waals surface area contributed by atoms with Gasteiger partial charge in [0.15, 0.2) is 11.5 Å². The van der Waals surface area contributed by atoms with Crippen LogP contribution in [0.25, 0.3) is 0 Å². The van der Waals surface area contributed by atoms with Crippen molar-refractivity contribution in [1.82, 2.24) is 5.32 Å². The Labute approximate surface area is 126 Å². The number of ether oxygens (including phenoxy) is 2. The largest absolute Gasteiger partial charge is 0.454 e. The van der Waals surface area contributed by atoms with Gasteiger partial charge in [-0.3, -0.25) is 4.79 Å². The van der Waals surface area contributed by atoms with Gasteiger partial charge in [-0.1, -0.05) is 23.7 Å². The number of hydrogen-bond acceptors (Lipinski definition) is 3. The van der Waals surface area contributed by atoms with E-state index in [1.807, 2.05) is 36.4 Å². The third-order valence-electron chi connectivity index (χ3n) is 3.81. The summed E-state index contributed by atoms with van der Waals surface area (Å²) in [5, 5.41) is 3.69. The van der Waals surface area contributed by atoms with Gasteiger partial charge in [-0.25, -0.2) is 0 Å². The van der Waals surface area contributed by atoms with Gasteiger partial charge < -0.3 is 14.8 Å². The van der Waals surface area contributed by atoms with Crippen LogP contribution in [0.15, 0.2) is 36.4 Å². The lowest BCUT2D eigenvalue weighted by Gasteiger charge is -2.27. The van der Waals surface area contributed by atoms with Gasteiger partial charge in [-0.05, 0) is 41.0 Å². The molecule has 0 saturated carbocycles. The first-order chi connectivity index (χ1) is 10.2. The summed E-state index contributed by atoms with van der Waals surface area (Å²) in [5.74, 6) is 1.43. The van der Waals surface area contributed by atoms with E-state index in [1.165, 1.54) is 0 Å². The van der Waals surface area contributed by atoms with Crippen LogP contribution in [-0.4, -0.2) is 12.7 Å². The van der Waals surface area contributed by atoms with E-state index in [0.29, 0.717) is 17.2 Å². The molecule has 2 aliphatic heterocycles. The fourth-order valence-electron chi connectivity index (χ4n) is 2.80. The number of hydrogen-bond donors (Lipinski definition) is 1. The van der Waals surface area contributed by atoms with Gasteiger partial charge in [0.25, 0.3) is 0 Å². The summed E-state index contributed by atoms with van der Waals surface area (Å²) in [5.41, 5.74) is 3.01. The maximum atomic E-state index is 12.0. The van der Waals surface area contributed by atoms with Crippen molar-refractivity contribution in [3.63, 3.8) is 0 Å². The monoisotopic (exact) mass is 301 g/mol. The van der Waals surface area contributed by atoms with Gasteiger partial charge in [0.1, 0.15) is 0 Å². The van der Waals surface area contributed by atoms with Crippen molar-refractivity contribution in [1.29, 1.82) is 0 Å². The van der Waals surface area contributed by atoms with Gasteiger partial charge in [-0.2, -0.15) is 0 Å². The molecule has 4 nitrogen and oxygen atoms in total. The summed E-state index contributed by atoms with van der Waals surface area (Å²) in [6.45, 7) is 0.227. The van der Waals surface area contributed by atoms with E-state index in [0.717, 1.165) is 22.4 Å². The molecule has 0 bridgehead atoms. The smallest absolute Gasteiger partial charge is 0.231 e. The average Bonchev–Trinajstić information content (AvgIpc) is 2.92. The van der Waals surface area contributed by atoms with Crippen LogP contribution in [0.4, 0.5) is 0 Å². The number of nitrogens with one attached hydrogen (secondary N) is 1. The highest BCUT2D eigenvalue weighted by molar-refractivity contribution is 6.30. The Morgan fingerprint density at radius 2 is 1.81 bits per heavy atom. The standard InChI is InChI=1S/C16H12ClNO3/c17-11-3-1-9(2-4-11)16-12-7-14-13(20-8-21-14)5-10(12)6-15(19)18-16/h1-5,7,16H,6,8H2,(H,18,19). The van der Waals surface area contributed by atoms with Crippen LogP contribution >= 0.6 is 11.6 Å². The Kier molecular flexibility index (Phi) is 2.79. The molecule has 0 radical (unpaired) electrons. The van der Waals surface area contributed by atoms with E-state index in [-0.39, 0.29) is 18.7 Å². The minimum Gasteiger partial charge on any atom is -0.454 e. The maximum Gasteiger partial charge on any atom is 0.231 e. The first-order valence-corrected chi connectivity index (χ1v) is 7.06. The average molecular weight is 302 g/mol. The van der Waals surface area contributed by atoms with E-state index in [4.69, 9.17) is 21.1 Å². The third-order valence-corrected chi connectivity index (χ3v) is 4.06. The molecule has 1 amide bonds. The summed E-state index contributed by atoms with van der Waals surface area (Å²) in [4.78, 5) is 12.0. The molecule has 1 N–H and O–H groups in total. The number of rotatable bonds is 1. The van der Waals surface area contributed by atoms with Crippen molar-refractivity contribution >= 4 is 17.5 Å². The normalized spacial score (nSPS) is 19.1. The molecule has 0 saturated heterocycles. The molecule has 0 spiro atoms. The molecule has 2 aromatic rings. The van der Waals surface area contributed by atoms with Crippen molar-refractivity contribution in [2.45, 2.75) is 12.5 Å². The van der Waals surface area contributed by atoms with Crippen LogP contribution in [0.3, 0.4) is 0 Å². The third kappa shape index (κ3) is 2.12. The second kappa shape index (κ2) is 4.67. The summed E-state index contributed by atoms with van der Waals surface area (Å²) < 4.78 is 10.8. The zero-order chi connectivity index (χ0) is 14.4. The predicted octanol–water partition coefficient (Wildman–Crippen LogP) is 2.83. The zero-order valence-corrected chi connectivity index (χ0v) is 11.8. The van der Waals surface area contributed by atoms with Crippen molar-refractivity contribution in [2.24, 2.45) is 0 Å². The fourth-order valence-corrected chi connectivity index (χ4v) is 2.93. The lowest BCUT2D eigenvalue weighted by Crippen LogP contribution is -2.35. The fraction of sp³-hybridized carbons (Fsp3) is 0.188. The predicted molar refractivity (Wildman–Crippen MR) is 77.7 cm³/mol. The molecule has 0 fully saturated rings. The molecular weight excluding hydrogens is 290 g/mol. The Balaban J connectivity index is 1.83. The lowest BCUT2D eigenvalue weighted by atomic mass is 9.89. The molecule has 4 rings (SSSR count). The SMILES string of the molecule is O=C1Cc2cc3c(cc2C(c2ccc(Cl)cc2)N1)OCO3. The molecule has 2 aromatic carbocycles. The molecule has 1 atom stereocenters. The number of amides is 1. The van der Waals surface area contributed by atoms with Gasteiger partial charge in [0.05, 0.1) is 12.5 Å². The number of carbonyl (C=O) groups is 1. The molecule has 2 aliphatic rings. The van der Waals surface area contributed by atoms with Crippen molar-refractivity contribution in [2.75, 3.05) is 6.79 Å². The number of benzene rings is 2. The number of carbonyl (C=O) groups excluding carboxylic acids is 1. The van der Waals surface area contributed by atoms with Gasteiger partial charge in [-0.15, -0.1) is 0 Å². The van der Waals surface area contributed by atoms with Gasteiger partial charge in [0, 0.05) is 5.02 Å². The topological polar surface area (TPSA) is 47.6 Å². The van der Waals surface area contributed by atoms with Crippen molar-refractivity contribution in [3.8, 4) is 11.5 Å².